The number of imidazole rings is 1. The second kappa shape index (κ2) is 5.64. The quantitative estimate of drug-likeness (QED) is 0.719. The van der Waals surface area contributed by atoms with Gasteiger partial charge >= 0.3 is 0 Å². The Labute approximate surface area is 118 Å². The van der Waals surface area contributed by atoms with Crippen molar-refractivity contribution in [1.82, 2.24) is 14.7 Å². The molecule has 0 aliphatic heterocycles. The molecular formula is C13H18N4O2S. The van der Waals surface area contributed by atoms with Crippen LogP contribution in [0.25, 0.3) is 0 Å². The Morgan fingerprint density at radius 3 is 2.75 bits per heavy atom. The Kier molecular flexibility index (Phi) is 4.10. The fourth-order valence-corrected chi connectivity index (χ4v) is 3.33. The highest BCUT2D eigenvalue weighted by atomic mass is 32.2. The monoisotopic (exact) mass is 294 g/mol. The van der Waals surface area contributed by atoms with Crippen molar-refractivity contribution in [3.63, 3.8) is 0 Å². The van der Waals surface area contributed by atoms with Gasteiger partial charge in [-0.2, -0.15) is 0 Å². The number of nitrogens with two attached hydrogens (primary N) is 1. The van der Waals surface area contributed by atoms with Gasteiger partial charge in [-0.15, -0.1) is 0 Å². The lowest BCUT2D eigenvalue weighted by Crippen LogP contribution is -2.27. The first-order valence-electron chi connectivity index (χ1n) is 6.24. The van der Waals surface area contributed by atoms with E-state index in [0.717, 1.165) is 11.3 Å². The molecule has 0 unspecified atom stereocenters. The van der Waals surface area contributed by atoms with Gasteiger partial charge in [-0.25, -0.2) is 18.1 Å². The molecule has 6 nitrogen and oxygen atoms in total. The molecule has 2 rings (SSSR count). The summed E-state index contributed by atoms with van der Waals surface area (Å²) in [6.07, 6.45) is 3.79. The van der Waals surface area contributed by atoms with E-state index in [0.29, 0.717) is 24.2 Å². The summed E-state index contributed by atoms with van der Waals surface area (Å²) < 4.78 is 27.2. The van der Waals surface area contributed by atoms with Crippen molar-refractivity contribution in [2.75, 3.05) is 12.3 Å². The van der Waals surface area contributed by atoms with E-state index in [2.05, 4.69) is 14.7 Å². The van der Waals surface area contributed by atoms with Gasteiger partial charge in [0.05, 0.1) is 11.2 Å². The summed E-state index contributed by atoms with van der Waals surface area (Å²) in [5, 5.41) is 0. The Balaban J connectivity index is 2.14. The van der Waals surface area contributed by atoms with E-state index in [4.69, 9.17) is 5.73 Å². The van der Waals surface area contributed by atoms with Gasteiger partial charge in [0, 0.05) is 30.5 Å². The second-order valence-corrected chi connectivity index (χ2v) is 6.42. The minimum absolute atomic E-state index is 0.236. The zero-order chi connectivity index (χ0) is 14.8. The van der Waals surface area contributed by atoms with Crippen molar-refractivity contribution in [3.8, 4) is 0 Å². The molecule has 0 atom stereocenters. The van der Waals surface area contributed by atoms with Crippen LogP contribution in [0.5, 0.6) is 0 Å². The number of nitrogen functional groups attached to an aromatic ring is 1. The first-order chi connectivity index (χ1) is 9.40. The van der Waals surface area contributed by atoms with Gasteiger partial charge in [0.15, 0.2) is 0 Å². The third-order valence-corrected chi connectivity index (χ3v) is 4.76. The number of nitrogens with one attached hydrogen (secondary N) is 2. The summed E-state index contributed by atoms with van der Waals surface area (Å²) in [6.45, 7) is 3.92. The lowest BCUT2D eigenvalue weighted by atomic mass is 10.1. The van der Waals surface area contributed by atoms with Crippen molar-refractivity contribution in [3.05, 3.63) is 41.5 Å². The molecule has 1 aromatic heterocycles. The lowest BCUT2D eigenvalue weighted by molar-refractivity contribution is 0.580. The average molecular weight is 294 g/mol. The van der Waals surface area contributed by atoms with E-state index >= 15 is 0 Å². The molecule has 0 saturated carbocycles. The third kappa shape index (κ3) is 3.17. The number of aryl methyl sites for hydroxylation is 1. The molecule has 0 aliphatic rings. The first kappa shape index (κ1) is 14.5. The minimum Gasteiger partial charge on any atom is -0.399 e. The smallest absolute Gasteiger partial charge is 0.240 e. The lowest BCUT2D eigenvalue weighted by Gasteiger charge is -2.12. The third-order valence-electron chi connectivity index (χ3n) is 3.17. The molecule has 0 bridgehead atoms. The molecular weight excluding hydrogens is 276 g/mol. The molecule has 0 saturated heterocycles. The fraction of sp³-hybridized carbons (Fsp3) is 0.308. The van der Waals surface area contributed by atoms with E-state index in [9.17, 15) is 8.42 Å². The van der Waals surface area contributed by atoms with Gasteiger partial charge < -0.3 is 10.7 Å². The predicted octanol–water partition coefficient (Wildman–Crippen LogP) is 1.13. The fourth-order valence-electron chi connectivity index (χ4n) is 1.95. The van der Waals surface area contributed by atoms with Gasteiger partial charge in [-0.05, 0) is 37.1 Å². The normalized spacial score (nSPS) is 11.7. The number of hydrogen-bond donors (Lipinski definition) is 3. The number of sulfonamides is 1. The Bertz CT molecular complexity index is 693. The summed E-state index contributed by atoms with van der Waals surface area (Å²) in [4.78, 5) is 7.05. The zero-order valence-electron chi connectivity index (χ0n) is 11.5. The number of aromatic nitrogens is 2. The van der Waals surface area contributed by atoms with E-state index in [1.807, 2.05) is 6.92 Å². The topological polar surface area (TPSA) is 101 Å². The molecule has 0 radical (unpaired) electrons. The standard InChI is InChI=1S/C13H18N4O2S/c1-9-5-11(14)6-13(10(9)2)20(18,19)17-4-3-12-7-15-8-16-12/h5-8,17H,3-4,14H2,1-2H3,(H,15,16). The van der Waals surface area contributed by atoms with E-state index in [-0.39, 0.29) is 4.90 Å². The largest absolute Gasteiger partial charge is 0.399 e. The van der Waals surface area contributed by atoms with Crippen molar-refractivity contribution < 1.29 is 8.42 Å². The summed E-state index contributed by atoms with van der Waals surface area (Å²) in [6, 6.07) is 3.25. The van der Waals surface area contributed by atoms with Crippen LogP contribution in [-0.4, -0.2) is 24.9 Å². The van der Waals surface area contributed by atoms with Crippen LogP contribution in [-0.2, 0) is 16.4 Å². The van der Waals surface area contributed by atoms with Crippen LogP contribution in [0, 0.1) is 13.8 Å². The molecule has 4 N–H and O–H groups in total. The van der Waals surface area contributed by atoms with Crippen molar-refractivity contribution >= 4 is 15.7 Å². The molecule has 0 fully saturated rings. The van der Waals surface area contributed by atoms with Gasteiger partial charge in [0.25, 0.3) is 0 Å². The molecule has 1 aromatic carbocycles. The summed E-state index contributed by atoms with van der Waals surface area (Å²) in [5.41, 5.74) is 8.63. The SMILES string of the molecule is Cc1cc(N)cc(S(=O)(=O)NCCc2cnc[nH]2)c1C. The molecule has 1 heterocycles. The average Bonchev–Trinajstić information content (AvgIpc) is 2.86. The maximum Gasteiger partial charge on any atom is 0.240 e. The minimum atomic E-state index is -3.55. The Morgan fingerprint density at radius 1 is 1.35 bits per heavy atom. The second-order valence-electron chi connectivity index (χ2n) is 4.69. The van der Waals surface area contributed by atoms with Crippen LogP contribution in [0.2, 0.25) is 0 Å². The van der Waals surface area contributed by atoms with Crippen molar-refractivity contribution in [2.45, 2.75) is 25.2 Å². The van der Waals surface area contributed by atoms with Gasteiger partial charge in [0.2, 0.25) is 10.0 Å². The summed E-state index contributed by atoms with van der Waals surface area (Å²) in [5.74, 6) is 0. The maximum absolute atomic E-state index is 12.3. The molecule has 7 heteroatoms. The Morgan fingerprint density at radius 2 is 2.10 bits per heavy atom. The number of anilines is 1. The first-order valence-corrected chi connectivity index (χ1v) is 7.72. The number of rotatable bonds is 5. The van der Waals surface area contributed by atoms with Crippen molar-refractivity contribution in [2.24, 2.45) is 0 Å². The van der Waals surface area contributed by atoms with Crippen LogP contribution in [0.3, 0.4) is 0 Å². The Hall–Kier alpha value is -1.86. The summed E-state index contributed by atoms with van der Waals surface area (Å²) >= 11 is 0. The number of aromatic amines is 1. The zero-order valence-corrected chi connectivity index (χ0v) is 12.3. The molecule has 108 valence electrons. The maximum atomic E-state index is 12.3. The van der Waals surface area contributed by atoms with Crippen LogP contribution in [0.15, 0.2) is 29.6 Å². The number of nitrogens with zero attached hydrogens (tertiary/aromatic N) is 1. The number of H-pyrrole nitrogens is 1. The highest BCUT2D eigenvalue weighted by molar-refractivity contribution is 7.89. The molecule has 20 heavy (non-hydrogen) atoms. The molecule has 0 spiro atoms. The van der Waals surface area contributed by atoms with E-state index < -0.39 is 10.0 Å². The van der Waals surface area contributed by atoms with Crippen LogP contribution < -0.4 is 10.5 Å². The van der Waals surface area contributed by atoms with E-state index in [1.165, 1.54) is 6.07 Å². The van der Waals surface area contributed by atoms with Crippen LogP contribution in [0.4, 0.5) is 5.69 Å². The van der Waals surface area contributed by atoms with E-state index in [1.54, 1.807) is 25.5 Å². The summed E-state index contributed by atoms with van der Waals surface area (Å²) in [7, 11) is -3.55. The van der Waals surface area contributed by atoms with Gasteiger partial charge in [-0.3, -0.25) is 0 Å². The predicted molar refractivity (Wildman–Crippen MR) is 77.8 cm³/mol. The highest BCUT2D eigenvalue weighted by Crippen LogP contribution is 2.22. The van der Waals surface area contributed by atoms with Gasteiger partial charge in [-0.1, -0.05) is 0 Å². The molecule has 2 aromatic rings. The number of benzene rings is 1. The highest BCUT2D eigenvalue weighted by Gasteiger charge is 2.18. The van der Waals surface area contributed by atoms with Crippen molar-refractivity contribution in [1.29, 1.82) is 0 Å². The molecule has 0 aliphatic carbocycles. The molecule has 0 amide bonds. The van der Waals surface area contributed by atoms with Crippen LogP contribution in [0.1, 0.15) is 16.8 Å². The van der Waals surface area contributed by atoms with Gasteiger partial charge in [0.1, 0.15) is 0 Å². The van der Waals surface area contributed by atoms with Crippen LogP contribution >= 0.6 is 0 Å². The number of hydrogen-bond acceptors (Lipinski definition) is 4.